The number of benzene rings is 2. The molecule has 2 atom stereocenters. The first-order valence-electron chi connectivity index (χ1n) is 10.4. The fourth-order valence-corrected chi connectivity index (χ4v) is 3.34. The highest BCUT2D eigenvalue weighted by molar-refractivity contribution is 5.73. The van der Waals surface area contributed by atoms with E-state index in [0.717, 1.165) is 11.1 Å². The summed E-state index contributed by atoms with van der Waals surface area (Å²) in [5, 5.41) is 2.04. The van der Waals surface area contributed by atoms with Gasteiger partial charge in [0.2, 0.25) is 0 Å². The molecule has 0 unspecified atom stereocenters. The van der Waals surface area contributed by atoms with E-state index in [9.17, 15) is 9.59 Å². The fraction of sp³-hybridized carbons (Fsp3) is 0.417. The third-order valence-corrected chi connectivity index (χ3v) is 4.79. The van der Waals surface area contributed by atoms with Crippen LogP contribution in [0.15, 0.2) is 60.7 Å². The summed E-state index contributed by atoms with van der Waals surface area (Å²) in [6.07, 6.45) is 1.25. The van der Waals surface area contributed by atoms with E-state index in [-0.39, 0.29) is 23.8 Å². The number of rotatable bonds is 12. The molecule has 0 heterocycles. The lowest BCUT2D eigenvalue weighted by Crippen LogP contribution is -2.87. The standard InChI is InChI=1S/C24H31NO4/c1-3-28-23(26)21(15-19-11-7-5-8-12-19)17-25-18-22(24(27)29-4-2)16-20-13-9-6-10-14-20/h5-14,21-22,25H,3-4,15-18H2,1-2H3/p+1/t21-,22+. The molecule has 2 N–H and O–H groups in total. The van der Waals surface area contributed by atoms with Crippen LogP contribution in [0.5, 0.6) is 0 Å². The molecule has 0 aliphatic rings. The van der Waals surface area contributed by atoms with Gasteiger partial charge in [0.05, 0.1) is 26.3 Å². The number of esters is 2. The van der Waals surface area contributed by atoms with Crippen LogP contribution in [0.2, 0.25) is 0 Å². The second-order valence-corrected chi connectivity index (χ2v) is 7.04. The normalized spacial score (nSPS) is 12.8. The van der Waals surface area contributed by atoms with Gasteiger partial charge in [0.25, 0.3) is 0 Å². The predicted octanol–water partition coefficient (Wildman–Crippen LogP) is 2.39. The number of carbonyl (C=O) groups excluding carboxylic acids is 2. The molecule has 0 aromatic heterocycles. The Hall–Kier alpha value is -2.66. The third-order valence-electron chi connectivity index (χ3n) is 4.79. The zero-order chi connectivity index (χ0) is 20.9. The largest absolute Gasteiger partial charge is 0.466 e. The van der Waals surface area contributed by atoms with Gasteiger partial charge in [-0.05, 0) is 37.8 Å². The molecule has 0 amide bonds. The first-order valence-corrected chi connectivity index (χ1v) is 10.4. The van der Waals surface area contributed by atoms with Crippen LogP contribution >= 0.6 is 0 Å². The van der Waals surface area contributed by atoms with E-state index in [2.05, 4.69) is 0 Å². The number of hydrogen-bond donors (Lipinski definition) is 1. The molecular formula is C24H32NO4+. The van der Waals surface area contributed by atoms with Crippen LogP contribution < -0.4 is 5.32 Å². The van der Waals surface area contributed by atoms with Crippen molar-refractivity contribution in [1.29, 1.82) is 0 Å². The van der Waals surface area contributed by atoms with E-state index in [4.69, 9.17) is 9.47 Å². The monoisotopic (exact) mass is 398 g/mol. The number of nitrogens with two attached hydrogens (primary N) is 1. The van der Waals surface area contributed by atoms with E-state index >= 15 is 0 Å². The molecule has 0 bridgehead atoms. The minimum atomic E-state index is -0.253. The summed E-state index contributed by atoms with van der Waals surface area (Å²) >= 11 is 0. The molecule has 5 heteroatoms. The Morgan fingerprint density at radius 3 is 1.45 bits per heavy atom. The second-order valence-electron chi connectivity index (χ2n) is 7.04. The van der Waals surface area contributed by atoms with Crippen LogP contribution in [-0.4, -0.2) is 38.2 Å². The summed E-state index contributed by atoms with van der Waals surface area (Å²) < 4.78 is 10.5. The van der Waals surface area contributed by atoms with Gasteiger partial charge in [-0.15, -0.1) is 0 Å². The number of carbonyl (C=O) groups is 2. The molecule has 29 heavy (non-hydrogen) atoms. The highest BCUT2D eigenvalue weighted by Gasteiger charge is 2.26. The maximum Gasteiger partial charge on any atom is 0.315 e. The molecule has 0 aliphatic carbocycles. The topological polar surface area (TPSA) is 69.2 Å². The average molecular weight is 399 g/mol. The van der Waals surface area contributed by atoms with Crippen molar-refractivity contribution >= 4 is 11.9 Å². The Morgan fingerprint density at radius 2 is 1.10 bits per heavy atom. The molecule has 0 aliphatic heterocycles. The zero-order valence-electron chi connectivity index (χ0n) is 17.4. The molecular weight excluding hydrogens is 366 g/mol. The van der Waals surface area contributed by atoms with Crippen molar-refractivity contribution in [3.05, 3.63) is 71.8 Å². The van der Waals surface area contributed by atoms with Gasteiger partial charge < -0.3 is 14.8 Å². The van der Waals surface area contributed by atoms with Gasteiger partial charge in [-0.3, -0.25) is 9.59 Å². The smallest absolute Gasteiger partial charge is 0.315 e. The van der Waals surface area contributed by atoms with Crippen LogP contribution in [0.25, 0.3) is 0 Å². The van der Waals surface area contributed by atoms with Crippen LogP contribution in [0.4, 0.5) is 0 Å². The first-order chi connectivity index (χ1) is 14.1. The van der Waals surface area contributed by atoms with Gasteiger partial charge in [0, 0.05) is 0 Å². The van der Waals surface area contributed by atoms with Crippen molar-refractivity contribution in [3.8, 4) is 0 Å². The van der Waals surface area contributed by atoms with Gasteiger partial charge in [-0.1, -0.05) is 60.7 Å². The quantitative estimate of drug-likeness (QED) is 0.558. The minimum absolute atomic E-state index is 0.191. The van der Waals surface area contributed by atoms with Crippen LogP contribution in [-0.2, 0) is 31.9 Å². The molecule has 0 saturated carbocycles. The van der Waals surface area contributed by atoms with Gasteiger partial charge in [-0.25, -0.2) is 0 Å². The Morgan fingerprint density at radius 1 is 0.724 bits per heavy atom. The molecule has 2 aromatic rings. The van der Waals surface area contributed by atoms with Gasteiger partial charge in [0.1, 0.15) is 11.8 Å². The molecule has 0 fully saturated rings. The minimum Gasteiger partial charge on any atom is -0.466 e. The lowest BCUT2D eigenvalue weighted by molar-refractivity contribution is -0.662. The number of quaternary nitrogens is 1. The maximum absolute atomic E-state index is 12.4. The average Bonchev–Trinajstić information content (AvgIpc) is 2.74. The van der Waals surface area contributed by atoms with Gasteiger partial charge in [0.15, 0.2) is 0 Å². The van der Waals surface area contributed by atoms with E-state index in [1.807, 2.05) is 79.8 Å². The fourth-order valence-electron chi connectivity index (χ4n) is 3.34. The van der Waals surface area contributed by atoms with Gasteiger partial charge >= 0.3 is 11.9 Å². The maximum atomic E-state index is 12.4. The molecule has 2 aromatic carbocycles. The van der Waals surface area contributed by atoms with Crippen LogP contribution in [0, 0.1) is 11.8 Å². The number of ether oxygens (including phenoxy) is 2. The van der Waals surface area contributed by atoms with Crippen molar-refractivity contribution < 1.29 is 24.4 Å². The van der Waals surface area contributed by atoms with E-state index in [0.29, 0.717) is 39.1 Å². The van der Waals surface area contributed by atoms with E-state index < -0.39 is 0 Å². The Labute approximate surface area is 173 Å². The molecule has 0 saturated heterocycles. The van der Waals surface area contributed by atoms with Crippen molar-refractivity contribution in [2.45, 2.75) is 26.7 Å². The highest BCUT2D eigenvalue weighted by atomic mass is 16.5. The zero-order valence-corrected chi connectivity index (χ0v) is 17.4. The summed E-state index contributed by atoms with van der Waals surface area (Å²) in [5.74, 6) is -0.888. The second kappa shape index (κ2) is 12.7. The molecule has 5 nitrogen and oxygen atoms in total. The number of hydrogen-bond acceptors (Lipinski definition) is 4. The summed E-state index contributed by atoms with van der Waals surface area (Å²) in [6, 6.07) is 19.9. The SMILES string of the molecule is CCOC(=O)[C@H](C[NH2+]C[C@@H](Cc1ccccc1)C(=O)OCC)Cc1ccccc1. The first kappa shape index (κ1) is 22.6. The van der Waals surface area contributed by atoms with Crippen molar-refractivity contribution in [1.82, 2.24) is 0 Å². The summed E-state index contributed by atoms with van der Waals surface area (Å²) in [4.78, 5) is 24.8. The summed E-state index contributed by atoms with van der Waals surface area (Å²) in [6.45, 7) is 5.50. The molecule has 156 valence electrons. The Bertz CT molecular complexity index is 670. The molecule has 0 spiro atoms. The highest BCUT2D eigenvalue weighted by Crippen LogP contribution is 2.11. The third kappa shape index (κ3) is 8.08. The van der Waals surface area contributed by atoms with Crippen molar-refractivity contribution in [2.75, 3.05) is 26.3 Å². The summed E-state index contributed by atoms with van der Waals surface area (Å²) in [7, 11) is 0. The van der Waals surface area contributed by atoms with E-state index in [1.165, 1.54) is 0 Å². The van der Waals surface area contributed by atoms with Crippen molar-refractivity contribution in [3.63, 3.8) is 0 Å². The molecule has 2 rings (SSSR count). The predicted molar refractivity (Wildman–Crippen MR) is 112 cm³/mol. The Balaban J connectivity index is 1.98. The summed E-state index contributed by atoms with van der Waals surface area (Å²) in [5.41, 5.74) is 2.20. The van der Waals surface area contributed by atoms with Crippen LogP contribution in [0.1, 0.15) is 25.0 Å². The van der Waals surface area contributed by atoms with E-state index in [1.54, 1.807) is 0 Å². The van der Waals surface area contributed by atoms with Crippen LogP contribution in [0.3, 0.4) is 0 Å². The van der Waals surface area contributed by atoms with Crippen molar-refractivity contribution in [2.24, 2.45) is 11.8 Å². The lowest BCUT2D eigenvalue weighted by atomic mass is 9.97. The van der Waals surface area contributed by atoms with Gasteiger partial charge in [-0.2, -0.15) is 0 Å². The molecule has 0 radical (unpaired) electrons. The Kier molecular flexibility index (Phi) is 9.93. The lowest BCUT2D eigenvalue weighted by Gasteiger charge is -2.18.